The van der Waals surface area contributed by atoms with E-state index in [0.29, 0.717) is 11.1 Å². The zero-order chi connectivity index (χ0) is 18.6. The number of carbonyl (C=O) groups excluding carboxylic acids is 3. The van der Waals surface area contributed by atoms with Crippen LogP contribution < -0.4 is 5.73 Å². The van der Waals surface area contributed by atoms with E-state index in [9.17, 15) is 14.4 Å². The average Bonchev–Trinajstić information content (AvgIpc) is 2.42. The first-order valence-corrected chi connectivity index (χ1v) is 7.05. The van der Waals surface area contributed by atoms with Crippen LogP contribution >= 0.6 is 0 Å². The van der Waals surface area contributed by atoms with Crippen molar-refractivity contribution < 1.29 is 34.3 Å². The third-order valence-corrected chi connectivity index (χ3v) is 2.09. The van der Waals surface area contributed by atoms with Crippen molar-refractivity contribution in [2.75, 3.05) is 19.9 Å². The molecule has 7 nitrogen and oxygen atoms in total. The summed E-state index contributed by atoms with van der Waals surface area (Å²) in [5.41, 5.74) is 3.54. The van der Waals surface area contributed by atoms with Gasteiger partial charge < -0.3 is 19.9 Å². The molecule has 0 amide bonds. The van der Waals surface area contributed by atoms with Crippen molar-refractivity contribution >= 4 is 17.9 Å². The van der Waals surface area contributed by atoms with Gasteiger partial charge in [0.2, 0.25) is 6.73 Å². The molecule has 132 valence electrons. The van der Waals surface area contributed by atoms with Crippen molar-refractivity contribution in [3.63, 3.8) is 0 Å². The van der Waals surface area contributed by atoms with Crippen LogP contribution in [0.1, 0.15) is 34.6 Å². The van der Waals surface area contributed by atoms with Gasteiger partial charge >= 0.3 is 17.9 Å². The summed E-state index contributed by atoms with van der Waals surface area (Å²) in [5, 5.41) is 0. The molecule has 3 N–H and O–H groups in total. The van der Waals surface area contributed by atoms with E-state index in [2.05, 4.69) is 23.6 Å². The Labute approximate surface area is 137 Å². The lowest BCUT2D eigenvalue weighted by molar-refractivity contribution is -0.420. The molecule has 0 aromatic carbocycles. The maximum Gasteiger partial charge on any atom is 0.337 e. The van der Waals surface area contributed by atoms with Crippen molar-refractivity contribution in [3.05, 3.63) is 24.3 Å². The van der Waals surface area contributed by atoms with Gasteiger partial charge in [-0.3, -0.25) is 4.79 Å². The smallest absolute Gasteiger partial charge is 0.337 e. The monoisotopic (exact) mass is 330 g/mol. The Morgan fingerprint density at radius 3 is 1.57 bits per heavy atom. The van der Waals surface area contributed by atoms with E-state index in [1.54, 1.807) is 34.6 Å². The second kappa shape index (κ2) is 11.4. The number of rotatable bonds is 6. The third kappa shape index (κ3) is 13.2. The lowest BCUT2D eigenvalue weighted by Crippen LogP contribution is -2.52. The predicted molar refractivity (Wildman–Crippen MR) is 84.8 cm³/mol. The van der Waals surface area contributed by atoms with Gasteiger partial charge in [0.1, 0.15) is 13.2 Å². The van der Waals surface area contributed by atoms with Gasteiger partial charge in [0.25, 0.3) is 0 Å². The van der Waals surface area contributed by atoms with Crippen LogP contribution in [0.2, 0.25) is 0 Å². The van der Waals surface area contributed by atoms with E-state index in [4.69, 9.17) is 9.47 Å². The Bertz CT molecular complexity index is 448. The van der Waals surface area contributed by atoms with Gasteiger partial charge in [-0.1, -0.05) is 13.2 Å². The Balaban J connectivity index is 0. The molecule has 0 saturated carbocycles. The van der Waals surface area contributed by atoms with Gasteiger partial charge in [0.15, 0.2) is 0 Å². The number of carbonyl (C=O) groups is 3. The second-order valence-electron chi connectivity index (χ2n) is 5.72. The highest BCUT2D eigenvalue weighted by atomic mass is 16.6. The Morgan fingerprint density at radius 2 is 1.26 bits per heavy atom. The highest BCUT2D eigenvalue weighted by Crippen LogP contribution is 2.14. The van der Waals surface area contributed by atoms with Gasteiger partial charge in [-0.15, -0.1) is 0 Å². The van der Waals surface area contributed by atoms with E-state index in [1.807, 2.05) is 0 Å². The number of hydrogen-bond donors (Lipinski definition) is 1. The van der Waals surface area contributed by atoms with Crippen LogP contribution in [0.15, 0.2) is 24.3 Å². The van der Waals surface area contributed by atoms with Gasteiger partial charge in [0.05, 0.1) is 5.41 Å². The summed E-state index contributed by atoms with van der Waals surface area (Å²) in [6, 6.07) is 0. The van der Waals surface area contributed by atoms with Gasteiger partial charge in [0, 0.05) is 11.1 Å². The van der Waals surface area contributed by atoms with E-state index < -0.39 is 11.4 Å². The van der Waals surface area contributed by atoms with Crippen LogP contribution in [0.5, 0.6) is 0 Å². The molecule has 7 heteroatoms. The summed E-state index contributed by atoms with van der Waals surface area (Å²) >= 11 is 0. The summed E-state index contributed by atoms with van der Waals surface area (Å²) in [4.78, 5) is 32.6. The molecule has 0 radical (unpaired) electrons. The van der Waals surface area contributed by atoms with Gasteiger partial charge in [-0.2, -0.15) is 0 Å². The lowest BCUT2D eigenvalue weighted by Gasteiger charge is -2.16. The molecular formula is C16H28NO6+. The first kappa shape index (κ1) is 23.1. The molecule has 23 heavy (non-hydrogen) atoms. The number of esters is 3. The number of ether oxygens (including phenoxy) is 3. The fourth-order valence-electron chi connectivity index (χ4n) is 0.824. The first-order chi connectivity index (χ1) is 10.4. The molecule has 0 heterocycles. The predicted octanol–water partition coefficient (Wildman–Crippen LogP) is 1.00. The molecule has 0 aromatic heterocycles. The fourth-order valence-corrected chi connectivity index (χ4v) is 0.824. The van der Waals surface area contributed by atoms with Crippen molar-refractivity contribution in [3.8, 4) is 0 Å². The SMILES string of the molecule is C=C(C)C(=O)OCCOC(=O)C(C)(C)C.C=C(C)C(=O)OC[NH3+]. The molecule has 0 aliphatic heterocycles. The summed E-state index contributed by atoms with van der Waals surface area (Å²) < 4.78 is 14.1. The van der Waals surface area contributed by atoms with Crippen molar-refractivity contribution in [2.24, 2.45) is 5.41 Å². The summed E-state index contributed by atoms with van der Waals surface area (Å²) in [5.74, 6) is -1.16. The largest absolute Gasteiger partial charge is 0.462 e. The topological polar surface area (TPSA) is 107 Å². The zero-order valence-corrected chi connectivity index (χ0v) is 14.7. The quantitative estimate of drug-likeness (QED) is 0.256. The van der Waals surface area contributed by atoms with E-state index in [-0.39, 0.29) is 31.9 Å². The maximum atomic E-state index is 11.3. The number of hydrogen-bond acceptors (Lipinski definition) is 6. The maximum absolute atomic E-state index is 11.3. The van der Waals surface area contributed by atoms with Crippen molar-refractivity contribution in [1.29, 1.82) is 0 Å². The first-order valence-electron chi connectivity index (χ1n) is 7.05. The molecule has 0 aliphatic carbocycles. The van der Waals surface area contributed by atoms with E-state index >= 15 is 0 Å². The van der Waals surface area contributed by atoms with Crippen molar-refractivity contribution in [1.82, 2.24) is 0 Å². The normalized spacial score (nSPS) is 9.83. The second-order valence-corrected chi connectivity index (χ2v) is 5.72. The molecule has 0 saturated heterocycles. The van der Waals surface area contributed by atoms with Gasteiger partial charge in [-0.25, -0.2) is 9.59 Å². The zero-order valence-electron chi connectivity index (χ0n) is 14.7. The Hall–Kier alpha value is -2.15. The van der Waals surface area contributed by atoms with Crippen molar-refractivity contribution in [2.45, 2.75) is 34.6 Å². The summed E-state index contributed by atoms with van der Waals surface area (Å²) in [6.45, 7) is 15.5. The minimum Gasteiger partial charge on any atom is -0.462 e. The fraction of sp³-hybridized carbons (Fsp3) is 0.562. The van der Waals surface area contributed by atoms with Crippen LogP contribution in [-0.2, 0) is 28.6 Å². The van der Waals surface area contributed by atoms with Gasteiger partial charge in [-0.05, 0) is 34.6 Å². The minimum atomic E-state index is -0.529. The molecule has 0 aliphatic rings. The van der Waals surface area contributed by atoms with Crippen LogP contribution in [0.4, 0.5) is 0 Å². The Kier molecular flexibility index (Phi) is 11.5. The molecule has 0 atom stereocenters. The lowest BCUT2D eigenvalue weighted by atomic mass is 9.97. The van der Waals surface area contributed by atoms with Crippen LogP contribution in [0.3, 0.4) is 0 Å². The van der Waals surface area contributed by atoms with Crippen LogP contribution in [0, 0.1) is 5.41 Å². The standard InChI is InChI=1S/C11H18O4.C5H9NO2/c1-8(2)9(12)14-6-7-15-10(13)11(3,4)5;1-4(2)5(7)8-3-6/h1,6-7H2,2-5H3;1,3,6H2,2H3/p+1. The van der Waals surface area contributed by atoms with E-state index in [1.165, 1.54) is 0 Å². The highest BCUT2D eigenvalue weighted by Gasteiger charge is 2.22. The van der Waals surface area contributed by atoms with E-state index in [0.717, 1.165) is 0 Å². The molecule has 0 bridgehead atoms. The molecule has 0 fully saturated rings. The molecule has 0 aromatic rings. The number of quaternary nitrogens is 1. The van der Waals surface area contributed by atoms with Crippen LogP contribution in [-0.4, -0.2) is 37.9 Å². The summed E-state index contributed by atoms with van der Waals surface area (Å²) in [7, 11) is 0. The third-order valence-electron chi connectivity index (χ3n) is 2.09. The minimum absolute atomic E-state index is 0.0630. The molecule has 0 rings (SSSR count). The molecule has 0 unspecified atom stereocenters. The van der Waals surface area contributed by atoms with Crippen LogP contribution in [0.25, 0.3) is 0 Å². The summed E-state index contributed by atoms with van der Waals surface area (Å²) in [6.07, 6.45) is 0. The average molecular weight is 330 g/mol. The molecular weight excluding hydrogens is 302 g/mol. The Morgan fingerprint density at radius 1 is 0.870 bits per heavy atom. The molecule has 0 spiro atoms. The highest BCUT2D eigenvalue weighted by molar-refractivity contribution is 5.87.